The van der Waals surface area contributed by atoms with E-state index in [0.717, 1.165) is 0 Å². The molecule has 0 aliphatic rings. The normalized spacial score (nSPS) is 10.4. The van der Waals surface area contributed by atoms with Crippen LogP contribution in [0.25, 0.3) is 0 Å². The Morgan fingerprint density at radius 2 is 2.24 bits per heavy atom. The van der Waals surface area contributed by atoms with E-state index in [2.05, 4.69) is 20.3 Å². The van der Waals surface area contributed by atoms with E-state index in [1.54, 1.807) is 13.0 Å². The van der Waals surface area contributed by atoms with Gasteiger partial charge in [0.25, 0.3) is 5.95 Å². The zero-order valence-electron chi connectivity index (χ0n) is 9.93. The average molecular weight is 241 g/mol. The lowest BCUT2D eigenvalue weighted by Gasteiger charge is -2.10. The van der Waals surface area contributed by atoms with Crippen LogP contribution in [0.2, 0.25) is 0 Å². The van der Waals surface area contributed by atoms with Gasteiger partial charge in [-0.1, -0.05) is 0 Å². The second kappa shape index (κ2) is 6.00. The summed E-state index contributed by atoms with van der Waals surface area (Å²) in [5.41, 5.74) is 3.04. The quantitative estimate of drug-likeness (QED) is 0.717. The average Bonchev–Trinajstić information content (AvgIpc) is 2.14. The molecule has 0 saturated heterocycles. The Labute approximate surface area is 98.7 Å². The molecule has 1 rings (SSSR count). The number of hydrogen-bond acceptors (Lipinski definition) is 6. The summed E-state index contributed by atoms with van der Waals surface area (Å²) in [6.07, 6.45) is -0.00270. The minimum atomic E-state index is -1.08. The molecule has 0 spiro atoms. The summed E-state index contributed by atoms with van der Waals surface area (Å²) in [4.78, 5) is 22.9. The van der Waals surface area contributed by atoms with Gasteiger partial charge in [0.05, 0.1) is 6.10 Å². The Morgan fingerprint density at radius 1 is 1.53 bits per heavy atom. The molecule has 0 aliphatic carbocycles. The van der Waals surface area contributed by atoms with Crippen LogP contribution in [0.15, 0.2) is 6.07 Å². The zero-order valence-corrected chi connectivity index (χ0v) is 9.93. The number of aryl methyl sites for hydroxylation is 1. The molecule has 0 amide bonds. The molecule has 0 radical (unpaired) electrons. The highest BCUT2D eigenvalue weighted by atomic mass is 16.7. The van der Waals surface area contributed by atoms with Crippen molar-refractivity contribution in [3.63, 3.8) is 0 Å². The molecule has 7 heteroatoms. The summed E-state index contributed by atoms with van der Waals surface area (Å²) in [6, 6.07) is 1.68. The van der Waals surface area contributed by atoms with Crippen molar-refractivity contribution in [2.24, 2.45) is 0 Å². The van der Waals surface area contributed by atoms with Crippen LogP contribution in [-0.2, 0) is 9.63 Å². The lowest BCUT2D eigenvalue weighted by atomic mass is 10.4. The van der Waals surface area contributed by atoms with Crippen LogP contribution < -0.4 is 10.2 Å². The molecule has 0 atom stereocenters. The minimum absolute atomic E-state index is 0.00270. The number of nitrogens with one attached hydrogen (secondary N) is 1. The standard InChI is InChI=1S/C10H15N3O4/c1-6(2)17-8-4-7(3)11-10(12-8)13-16-5-9(14)15/h4,6H,5H2,1-3H3,(H,14,15)(H,11,12,13). The molecule has 0 aromatic carbocycles. The van der Waals surface area contributed by atoms with Crippen LogP contribution in [0.1, 0.15) is 19.5 Å². The van der Waals surface area contributed by atoms with Gasteiger partial charge in [-0.3, -0.25) is 4.84 Å². The van der Waals surface area contributed by atoms with Crippen molar-refractivity contribution in [3.05, 3.63) is 11.8 Å². The van der Waals surface area contributed by atoms with E-state index >= 15 is 0 Å². The molecule has 0 fully saturated rings. The van der Waals surface area contributed by atoms with Crippen LogP contribution in [0.4, 0.5) is 5.95 Å². The van der Waals surface area contributed by atoms with E-state index in [-0.39, 0.29) is 12.1 Å². The summed E-state index contributed by atoms with van der Waals surface area (Å²) >= 11 is 0. The SMILES string of the molecule is Cc1cc(OC(C)C)nc(NOCC(=O)O)n1. The van der Waals surface area contributed by atoms with Crippen molar-refractivity contribution in [1.82, 2.24) is 9.97 Å². The first-order valence-electron chi connectivity index (χ1n) is 5.09. The van der Waals surface area contributed by atoms with E-state index in [1.165, 1.54) is 0 Å². The van der Waals surface area contributed by atoms with E-state index in [4.69, 9.17) is 9.84 Å². The Balaban J connectivity index is 2.65. The lowest BCUT2D eigenvalue weighted by Crippen LogP contribution is -2.14. The van der Waals surface area contributed by atoms with Gasteiger partial charge in [-0.05, 0) is 20.8 Å². The molecule has 2 N–H and O–H groups in total. The van der Waals surface area contributed by atoms with E-state index in [0.29, 0.717) is 11.6 Å². The van der Waals surface area contributed by atoms with Crippen LogP contribution in [0, 0.1) is 6.92 Å². The molecule has 17 heavy (non-hydrogen) atoms. The van der Waals surface area contributed by atoms with Crippen molar-refractivity contribution < 1.29 is 19.5 Å². The van der Waals surface area contributed by atoms with Gasteiger partial charge in [0.15, 0.2) is 6.61 Å². The highest BCUT2D eigenvalue weighted by molar-refractivity contribution is 5.68. The highest BCUT2D eigenvalue weighted by Gasteiger charge is 2.05. The van der Waals surface area contributed by atoms with Gasteiger partial charge in [0.2, 0.25) is 5.88 Å². The maximum atomic E-state index is 10.2. The minimum Gasteiger partial charge on any atom is -0.479 e. The smallest absolute Gasteiger partial charge is 0.332 e. The fourth-order valence-electron chi connectivity index (χ4n) is 1.05. The lowest BCUT2D eigenvalue weighted by molar-refractivity contribution is -0.141. The first kappa shape index (κ1) is 13.2. The van der Waals surface area contributed by atoms with Crippen LogP contribution in [0.3, 0.4) is 0 Å². The van der Waals surface area contributed by atoms with E-state index in [9.17, 15) is 4.79 Å². The maximum Gasteiger partial charge on any atom is 0.332 e. The van der Waals surface area contributed by atoms with Gasteiger partial charge in [0, 0.05) is 11.8 Å². The van der Waals surface area contributed by atoms with Crippen molar-refractivity contribution in [2.45, 2.75) is 26.9 Å². The van der Waals surface area contributed by atoms with E-state index in [1.807, 2.05) is 13.8 Å². The number of carboxylic acid groups (broad SMARTS) is 1. The number of rotatable bonds is 6. The van der Waals surface area contributed by atoms with Gasteiger partial charge in [-0.15, -0.1) is 0 Å². The second-order valence-electron chi connectivity index (χ2n) is 3.62. The topological polar surface area (TPSA) is 93.6 Å². The predicted molar refractivity (Wildman–Crippen MR) is 59.7 cm³/mol. The first-order valence-corrected chi connectivity index (χ1v) is 5.09. The second-order valence-corrected chi connectivity index (χ2v) is 3.62. The van der Waals surface area contributed by atoms with Crippen LogP contribution >= 0.6 is 0 Å². The third-order valence-electron chi connectivity index (χ3n) is 1.55. The third kappa shape index (κ3) is 5.12. The number of aromatic nitrogens is 2. The largest absolute Gasteiger partial charge is 0.479 e. The molecule has 0 unspecified atom stereocenters. The van der Waals surface area contributed by atoms with Crippen LogP contribution in [0.5, 0.6) is 5.88 Å². The number of ether oxygens (including phenoxy) is 1. The third-order valence-corrected chi connectivity index (χ3v) is 1.55. The molecule has 94 valence electrons. The molecular formula is C10H15N3O4. The maximum absolute atomic E-state index is 10.2. The molecular weight excluding hydrogens is 226 g/mol. The molecule has 0 aliphatic heterocycles. The molecule has 7 nitrogen and oxygen atoms in total. The Bertz CT molecular complexity index is 395. The van der Waals surface area contributed by atoms with Gasteiger partial charge < -0.3 is 9.84 Å². The number of hydrogen-bond donors (Lipinski definition) is 2. The van der Waals surface area contributed by atoms with Crippen molar-refractivity contribution >= 4 is 11.9 Å². The Morgan fingerprint density at radius 3 is 2.82 bits per heavy atom. The molecule has 1 heterocycles. The number of anilines is 1. The zero-order chi connectivity index (χ0) is 12.8. The Hall–Kier alpha value is -1.89. The van der Waals surface area contributed by atoms with Crippen molar-refractivity contribution in [2.75, 3.05) is 12.1 Å². The first-order chi connectivity index (χ1) is 7.97. The summed E-state index contributed by atoms with van der Waals surface area (Å²) in [5.74, 6) is -0.500. The van der Waals surface area contributed by atoms with Gasteiger partial charge in [-0.2, -0.15) is 4.98 Å². The summed E-state index contributed by atoms with van der Waals surface area (Å²) in [6.45, 7) is 5.06. The molecule has 0 saturated carbocycles. The summed E-state index contributed by atoms with van der Waals surface area (Å²) < 4.78 is 5.40. The number of aliphatic carboxylic acids is 1. The molecule has 1 aromatic rings. The number of carbonyl (C=O) groups is 1. The summed E-state index contributed by atoms with van der Waals surface area (Å²) in [5, 5.41) is 8.39. The molecule has 0 bridgehead atoms. The Kier molecular flexibility index (Phi) is 4.65. The predicted octanol–water partition coefficient (Wildman–Crippen LogP) is 1.00. The van der Waals surface area contributed by atoms with Crippen LogP contribution in [-0.4, -0.2) is 33.8 Å². The van der Waals surface area contributed by atoms with Gasteiger partial charge in [-0.25, -0.2) is 15.3 Å². The number of nitrogens with zero attached hydrogens (tertiary/aromatic N) is 2. The summed E-state index contributed by atoms with van der Waals surface area (Å²) in [7, 11) is 0. The fourth-order valence-corrected chi connectivity index (χ4v) is 1.05. The highest BCUT2D eigenvalue weighted by Crippen LogP contribution is 2.13. The van der Waals surface area contributed by atoms with Gasteiger partial charge in [0.1, 0.15) is 0 Å². The van der Waals surface area contributed by atoms with Gasteiger partial charge >= 0.3 is 5.97 Å². The molecule has 1 aromatic heterocycles. The van der Waals surface area contributed by atoms with Crippen molar-refractivity contribution in [3.8, 4) is 5.88 Å². The fraction of sp³-hybridized carbons (Fsp3) is 0.500. The number of carboxylic acids is 1. The van der Waals surface area contributed by atoms with E-state index < -0.39 is 12.6 Å². The van der Waals surface area contributed by atoms with Crippen molar-refractivity contribution in [1.29, 1.82) is 0 Å². The monoisotopic (exact) mass is 241 g/mol.